The van der Waals surface area contributed by atoms with Crippen LogP contribution in [0.15, 0.2) is 36.7 Å². The molecule has 1 fully saturated rings. The fourth-order valence-electron chi connectivity index (χ4n) is 2.55. The molecule has 0 saturated carbocycles. The van der Waals surface area contributed by atoms with E-state index in [0.29, 0.717) is 29.7 Å². The van der Waals surface area contributed by atoms with Gasteiger partial charge in [0.2, 0.25) is 0 Å². The van der Waals surface area contributed by atoms with Crippen molar-refractivity contribution in [2.45, 2.75) is 18.9 Å². The first-order valence-electron chi connectivity index (χ1n) is 6.65. The van der Waals surface area contributed by atoms with Gasteiger partial charge in [-0.3, -0.25) is 4.79 Å². The van der Waals surface area contributed by atoms with Gasteiger partial charge >= 0.3 is 0 Å². The molecule has 0 radical (unpaired) electrons. The minimum atomic E-state index is 0.00707. The average molecular weight is 291 g/mol. The van der Waals surface area contributed by atoms with Crippen LogP contribution in [0.1, 0.15) is 29.2 Å². The van der Waals surface area contributed by atoms with Gasteiger partial charge in [-0.2, -0.15) is 0 Å². The van der Waals surface area contributed by atoms with Crippen molar-refractivity contribution in [3.63, 3.8) is 0 Å². The maximum atomic E-state index is 12.4. The van der Waals surface area contributed by atoms with Gasteiger partial charge in [0.15, 0.2) is 0 Å². The van der Waals surface area contributed by atoms with E-state index in [2.05, 4.69) is 10.3 Å². The van der Waals surface area contributed by atoms with Gasteiger partial charge in [0.1, 0.15) is 0 Å². The molecule has 0 aliphatic carbocycles. The number of hydrogen-bond acceptors (Lipinski definition) is 3. The topological polar surface area (TPSA) is 51.0 Å². The van der Waals surface area contributed by atoms with Crippen LogP contribution < -0.4 is 0 Å². The number of hydrogen-bond donors (Lipinski definition) is 0. The van der Waals surface area contributed by atoms with E-state index >= 15 is 0 Å². The largest absolute Gasteiger partial charge is 0.338 e. The summed E-state index contributed by atoms with van der Waals surface area (Å²) in [6.07, 6.45) is 5.33. The van der Waals surface area contributed by atoms with E-state index in [1.165, 1.54) is 0 Å². The van der Waals surface area contributed by atoms with Crippen molar-refractivity contribution in [1.29, 1.82) is 0 Å². The summed E-state index contributed by atoms with van der Waals surface area (Å²) in [5.41, 5.74) is 0.577. The van der Waals surface area contributed by atoms with E-state index in [1.807, 2.05) is 27.9 Å². The number of halogens is 1. The lowest BCUT2D eigenvalue weighted by molar-refractivity contribution is 0.0689. The third kappa shape index (κ3) is 2.54. The Bertz CT molecular complexity index is 591. The Morgan fingerprint density at radius 2 is 2.00 bits per heavy atom. The molecule has 1 amide bonds. The fourth-order valence-corrected chi connectivity index (χ4v) is 2.77. The highest BCUT2D eigenvalue weighted by atomic mass is 35.5. The molecule has 2 aromatic rings. The zero-order valence-electron chi connectivity index (χ0n) is 10.9. The van der Waals surface area contributed by atoms with Gasteiger partial charge in [-0.25, -0.2) is 4.68 Å². The number of nitrogens with zero attached hydrogens (tertiary/aromatic N) is 4. The van der Waals surface area contributed by atoms with Crippen LogP contribution in [-0.4, -0.2) is 38.9 Å². The second-order valence-electron chi connectivity index (χ2n) is 4.89. The smallest absolute Gasteiger partial charge is 0.255 e. The highest BCUT2D eigenvalue weighted by molar-refractivity contribution is 6.33. The molecule has 0 N–H and O–H groups in total. The number of rotatable bonds is 2. The lowest BCUT2D eigenvalue weighted by Gasteiger charge is -2.32. The minimum Gasteiger partial charge on any atom is -0.338 e. The molecule has 1 aromatic carbocycles. The molecule has 5 nitrogen and oxygen atoms in total. The molecule has 1 aromatic heterocycles. The third-order valence-electron chi connectivity index (χ3n) is 3.67. The second kappa shape index (κ2) is 5.63. The van der Waals surface area contributed by atoms with Crippen molar-refractivity contribution in [3.8, 4) is 0 Å². The molecule has 1 aliphatic heterocycles. The Kier molecular flexibility index (Phi) is 3.69. The van der Waals surface area contributed by atoms with E-state index in [0.717, 1.165) is 12.8 Å². The standard InChI is InChI=1S/C14H15ClN4O/c15-13-4-2-1-3-12(13)14(20)18-8-5-11(6-9-18)19-10-7-16-17-19/h1-4,7,10-11H,5-6,8-9H2. The van der Waals surface area contributed by atoms with E-state index in [9.17, 15) is 4.79 Å². The average Bonchev–Trinajstić information content (AvgIpc) is 3.01. The van der Waals surface area contributed by atoms with Crippen LogP contribution in [0.3, 0.4) is 0 Å². The highest BCUT2D eigenvalue weighted by Crippen LogP contribution is 2.24. The summed E-state index contributed by atoms with van der Waals surface area (Å²) in [5, 5.41) is 8.36. The van der Waals surface area contributed by atoms with Gasteiger partial charge in [0.25, 0.3) is 5.91 Å². The van der Waals surface area contributed by atoms with Crippen LogP contribution in [-0.2, 0) is 0 Å². The molecule has 6 heteroatoms. The van der Waals surface area contributed by atoms with Gasteiger partial charge in [0, 0.05) is 19.3 Å². The van der Waals surface area contributed by atoms with Gasteiger partial charge in [-0.05, 0) is 25.0 Å². The van der Waals surface area contributed by atoms with E-state index in [4.69, 9.17) is 11.6 Å². The number of benzene rings is 1. The normalized spacial score (nSPS) is 16.4. The van der Waals surface area contributed by atoms with Crippen molar-refractivity contribution in [2.75, 3.05) is 13.1 Å². The maximum Gasteiger partial charge on any atom is 0.255 e. The number of carbonyl (C=O) groups excluding carboxylic acids is 1. The van der Waals surface area contributed by atoms with Crippen molar-refractivity contribution in [3.05, 3.63) is 47.2 Å². The predicted molar refractivity (Wildman–Crippen MR) is 75.6 cm³/mol. The van der Waals surface area contributed by atoms with Gasteiger partial charge < -0.3 is 4.90 Å². The Morgan fingerprint density at radius 3 is 2.65 bits per heavy atom. The SMILES string of the molecule is O=C(c1ccccc1Cl)N1CCC(n2ccnn2)CC1. The zero-order chi connectivity index (χ0) is 13.9. The summed E-state index contributed by atoms with van der Waals surface area (Å²) in [4.78, 5) is 14.3. The third-order valence-corrected chi connectivity index (χ3v) is 4.00. The predicted octanol–water partition coefficient (Wildman–Crippen LogP) is 2.41. The van der Waals surface area contributed by atoms with Crippen LogP contribution in [0.2, 0.25) is 5.02 Å². The maximum absolute atomic E-state index is 12.4. The molecule has 0 spiro atoms. The summed E-state index contributed by atoms with van der Waals surface area (Å²) < 4.78 is 1.87. The van der Waals surface area contributed by atoms with Gasteiger partial charge in [-0.1, -0.05) is 28.9 Å². The summed E-state index contributed by atoms with van der Waals surface area (Å²) in [6.45, 7) is 1.43. The van der Waals surface area contributed by atoms with Crippen LogP contribution in [0.25, 0.3) is 0 Å². The molecule has 3 rings (SSSR count). The number of carbonyl (C=O) groups is 1. The summed E-state index contributed by atoms with van der Waals surface area (Å²) in [7, 11) is 0. The Hall–Kier alpha value is -1.88. The first kappa shape index (κ1) is 13.1. The monoisotopic (exact) mass is 290 g/mol. The Morgan fingerprint density at radius 1 is 1.25 bits per heavy atom. The molecule has 1 aliphatic rings. The summed E-state index contributed by atoms with van der Waals surface area (Å²) in [6, 6.07) is 7.51. The van der Waals surface area contributed by atoms with Crippen molar-refractivity contribution in [2.24, 2.45) is 0 Å². The second-order valence-corrected chi connectivity index (χ2v) is 5.29. The summed E-state index contributed by atoms with van der Waals surface area (Å²) in [5.74, 6) is 0.00707. The van der Waals surface area contributed by atoms with E-state index < -0.39 is 0 Å². The van der Waals surface area contributed by atoms with Gasteiger partial charge in [0.05, 0.1) is 22.8 Å². The Labute approximate surface area is 122 Å². The van der Waals surface area contributed by atoms with Crippen LogP contribution in [0, 0.1) is 0 Å². The zero-order valence-corrected chi connectivity index (χ0v) is 11.7. The van der Waals surface area contributed by atoms with Gasteiger partial charge in [-0.15, -0.1) is 5.10 Å². The van der Waals surface area contributed by atoms with Crippen LogP contribution >= 0.6 is 11.6 Å². The van der Waals surface area contributed by atoms with Crippen molar-refractivity contribution >= 4 is 17.5 Å². The van der Waals surface area contributed by atoms with E-state index in [-0.39, 0.29) is 5.91 Å². The molecule has 2 heterocycles. The van der Waals surface area contributed by atoms with E-state index in [1.54, 1.807) is 18.3 Å². The molecule has 0 atom stereocenters. The molecule has 104 valence electrons. The number of amides is 1. The summed E-state index contributed by atoms with van der Waals surface area (Å²) >= 11 is 6.08. The lowest BCUT2D eigenvalue weighted by Crippen LogP contribution is -2.39. The molecule has 0 bridgehead atoms. The van der Waals surface area contributed by atoms with Crippen LogP contribution in [0.5, 0.6) is 0 Å². The number of likely N-dealkylation sites (tertiary alicyclic amines) is 1. The lowest BCUT2D eigenvalue weighted by atomic mass is 10.0. The fraction of sp³-hybridized carbons (Fsp3) is 0.357. The number of aromatic nitrogens is 3. The van der Waals surface area contributed by atoms with Crippen LogP contribution in [0.4, 0.5) is 0 Å². The highest BCUT2D eigenvalue weighted by Gasteiger charge is 2.25. The molecular weight excluding hydrogens is 276 g/mol. The first-order chi connectivity index (χ1) is 9.75. The molecule has 1 saturated heterocycles. The molecule has 0 unspecified atom stereocenters. The number of piperidine rings is 1. The molecular formula is C14H15ClN4O. The van der Waals surface area contributed by atoms with Crippen molar-refractivity contribution < 1.29 is 4.79 Å². The quantitative estimate of drug-likeness (QED) is 0.853. The first-order valence-corrected chi connectivity index (χ1v) is 7.03. The minimum absolute atomic E-state index is 0.00707. The Balaban J connectivity index is 1.66. The van der Waals surface area contributed by atoms with Crippen molar-refractivity contribution in [1.82, 2.24) is 19.9 Å². The molecule has 20 heavy (non-hydrogen) atoms.